The van der Waals surface area contributed by atoms with Crippen molar-refractivity contribution in [1.82, 2.24) is 10.3 Å². The number of methoxy groups -OCH3 is 1. The van der Waals surface area contributed by atoms with Crippen LogP contribution in [0.15, 0.2) is 42.6 Å². The zero-order chi connectivity index (χ0) is 18.9. The van der Waals surface area contributed by atoms with Gasteiger partial charge < -0.3 is 15.4 Å². The Morgan fingerprint density at radius 1 is 1.11 bits per heavy atom. The molecule has 0 spiro atoms. The van der Waals surface area contributed by atoms with Gasteiger partial charge >= 0.3 is 0 Å². The molecule has 2 N–H and O–H groups in total. The SMILES string of the molecule is COc1ccc(CCNC(=O)c2cc(NC3CCCCCC3)ccn2)cc1. The smallest absolute Gasteiger partial charge is 0.269 e. The van der Waals surface area contributed by atoms with Crippen molar-refractivity contribution in [2.75, 3.05) is 19.0 Å². The van der Waals surface area contributed by atoms with E-state index in [4.69, 9.17) is 4.74 Å². The van der Waals surface area contributed by atoms with Crippen LogP contribution in [0.3, 0.4) is 0 Å². The standard InChI is InChI=1S/C22H29N3O2/c1-27-20-10-8-17(9-11-20)12-14-24-22(26)21-16-19(13-15-23-21)25-18-6-4-2-3-5-7-18/h8-11,13,15-16,18H,2-7,12,14H2,1H3,(H,23,25)(H,24,26). The minimum absolute atomic E-state index is 0.131. The summed E-state index contributed by atoms with van der Waals surface area (Å²) in [6, 6.07) is 12.2. The third-order valence-electron chi connectivity index (χ3n) is 5.08. The van der Waals surface area contributed by atoms with Crippen LogP contribution in [0.25, 0.3) is 0 Å². The lowest BCUT2D eigenvalue weighted by Crippen LogP contribution is -2.27. The molecule has 5 heteroatoms. The van der Waals surface area contributed by atoms with Gasteiger partial charge in [-0.25, -0.2) is 0 Å². The van der Waals surface area contributed by atoms with E-state index in [-0.39, 0.29) is 5.91 Å². The van der Waals surface area contributed by atoms with Crippen LogP contribution in [-0.4, -0.2) is 30.6 Å². The average molecular weight is 367 g/mol. The Bertz CT molecular complexity index is 723. The number of anilines is 1. The van der Waals surface area contributed by atoms with Gasteiger partial charge in [0.15, 0.2) is 0 Å². The summed E-state index contributed by atoms with van der Waals surface area (Å²) in [5.41, 5.74) is 2.60. The molecular weight excluding hydrogens is 338 g/mol. The molecule has 2 aromatic rings. The van der Waals surface area contributed by atoms with E-state index in [9.17, 15) is 4.79 Å². The summed E-state index contributed by atoms with van der Waals surface area (Å²) in [6.45, 7) is 0.577. The van der Waals surface area contributed by atoms with E-state index in [1.54, 1.807) is 13.3 Å². The molecular formula is C22H29N3O2. The molecule has 144 valence electrons. The van der Waals surface area contributed by atoms with Crippen LogP contribution in [0.5, 0.6) is 5.75 Å². The molecule has 5 nitrogen and oxygen atoms in total. The summed E-state index contributed by atoms with van der Waals surface area (Å²) in [7, 11) is 1.65. The molecule has 1 heterocycles. The molecule has 1 aromatic carbocycles. The van der Waals surface area contributed by atoms with Crippen molar-refractivity contribution in [3.05, 3.63) is 53.9 Å². The largest absolute Gasteiger partial charge is 0.497 e. The van der Waals surface area contributed by atoms with Crippen LogP contribution < -0.4 is 15.4 Å². The van der Waals surface area contributed by atoms with Crippen molar-refractivity contribution in [1.29, 1.82) is 0 Å². The van der Waals surface area contributed by atoms with Crippen molar-refractivity contribution in [2.45, 2.75) is 51.0 Å². The van der Waals surface area contributed by atoms with E-state index >= 15 is 0 Å². The highest BCUT2D eigenvalue weighted by atomic mass is 16.5. The first-order valence-corrected chi connectivity index (χ1v) is 9.88. The number of carbonyl (C=O) groups excluding carboxylic acids is 1. The predicted molar refractivity (Wildman–Crippen MR) is 108 cm³/mol. The van der Waals surface area contributed by atoms with Crippen molar-refractivity contribution in [2.24, 2.45) is 0 Å². The van der Waals surface area contributed by atoms with E-state index in [1.165, 1.54) is 38.5 Å². The van der Waals surface area contributed by atoms with Crippen molar-refractivity contribution < 1.29 is 9.53 Å². The summed E-state index contributed by atoms with van der Waals surface area (Å²) < 4.78 is 5.16. The number of aromatic nitrogens is 1. The zero-order valence-corrected chi connectivity index (χ0v) is 16.0. The molecule has 1 saturated carbocycles. The number of nitrogens with one attached hydrogen (secondary N) is 2. The highest BCUT2D eigenvalue weighted by Gasteiger charge is 2.13. The number of pyridine rings is 1. The normalized spacial score (nSPS) is 15.0. The maximum absolute atomic E-state index is 12.4. The number of rotatable bonds is 7. The van der Waals surface area contributed by atoms with Gasteiger partial charge in [-0.1, -0.05) is 37.8 Å². The summed E-state index contributed by atoms with van der Waals surface area (Å²) in [5, 5.41) is 6.53. The predicted octanol–water partition coefficient (Wildman–Crippen LogP) is 4.20. The van der Waals surface area contributed by atoms with Crippen molar-refractivity contribution in [3.63, 3.8) is 0 Å². The Balaban J connectivity index is 1.50. The molecule has 1 aromatic heterocycles. The van der Waals surface area contributed by atoms with Crippen molar-refractivity contribution >= 4 is 11.6 Å². The monoisotopic (exact) mass is 367 g/mol. The number of ether oxygens (including phenoxy) is 1. The second-order valence-electron chi connectivity index (χ2n) is 7.12. The van der Waals surface area contributed by atoms with Crippen molar-refractivity contribution in [3.8, 4) is 5.75 Å². The zero-order valence-electron chi connectivity index (χ0n) is 16.0. The minimum atomic E-state index is -0.131. The first-order chi connectivity index (χ1) is 13.2. The number of hydrogen-bond donors (Lipinski definition) is 2. The molecule has 0 atom stereocenters. The fourth-order valence-corrected chi connectivity index (χ4v) is 3.51. The van der Waals surface area contributed by atoms with Gasteiger partial charge in [0, 0.05) is 24.5 Å². The van der Waals surface area contributed by atoms with Crippen LogP contribution in [0.4, 0.5) is 5.69 Å². The molecule has 0 unspecified atom stereocenters. The lowest BCUT2D eigenvalue weighted by Gasteiger charge is -2.17. The molecule has 0 bridgehead atoms. The van der Waals surface area contributed by atoms with E-state index in [2.05, 4.69) is 15.6 Å². The van der Waals surface area contributed by atoms with Gasteiger partial charge in [0.05, 0.1) is 7.11 Å². The maximum Gasteiger partial charge on any atom is 0.269 e. The number of benzene rings is 1. The average Bonchev–Trinajstić information content (AvgIpc) is 2.97. The number of carbonyl (C=O) groups is 1. The van der Waals surface area contributed by atoms with Crippen LogP contribution in [0.1, 0.15) is 54.6 Å². The molecule has 1 aliphatic carbocycles. The van der Waals surface area contributed by atoms with Crippen LogP contribution in [0.2, 0.25) is 0 Å². The highest BCUT2D eigenvalue weighted by molar-refractivity contribution is 5.93. The summed E-state index contributed by atoms with van der Waals surface area (Å²) >= 11 is 0. The van der Waals surface area contributed by atoms with Gasteiger partial charge in [-0.15, -0.1) is 0 Å². The van der Waals surface area contributed by atoms with Gasteiger partial charge in [0.25, 0.3) is 5.91 Å². The van der Waals surface area contributed by atoms with E-state index < -0.39 is 0 Å². The molecule has 3 rings (SSSR count). The van der Waals surface area contributed by atoms with Gasteiger partial charge in [-0.3, -0.25) is 9.78 Å². The molecule has 0 saturated heterocycles. The first-order valence-electron chi connectivity index (χ1n) is 9.88. The fraction of sp³-hybridized carbons (Fsp3) is 0.455. The Kier molecular flexibility index (Phi) is 7.08. The third kappa shape index (κ3) is 5.98. The van der Waals surface area contributed by atoms with Gasteiger partial charge in [-0.2, -0.15) is 0 Å². The number of nitrogens with zero attached hydrogens (tertiary/aromatic N) is 1. The number of amides is 1. The highest BCUT2D eigenvalue weighted by Crippen LogP contribution is 2.21. The second kappa shape index (κ2) is 9.95. The second-order valence-corrected chi connectivity index (χ2v) is 7.12. The number of hydrogen-bond acceptors (Lipinski definition) is 4. The van der Waals surface area contributed by atoms with E-state index in [0.717, 1.165) is 23.4 Å². The lowest BCUT2D eigenvalue weighted by atomic mass is 10.1. The van der Waals surface area contributed by atoms with E-state index in [1.807, 2.05) is 36.4 Å². The summed E-state index contributed by atoms with van der Waals surface area (Å²) in [6.07, 6.45) is 10.1. The summed E-state index contributed by atoms with van der Waals surface area (Å²) in [5.74, 6) is 0.706. The molecule has 27 heavy (non-hydrogen) atoms. The van der Waals surface area contributed by atoms with Crippen LogP contribution in [-0.2, 0) is 6.42 Å². The first kappa shape index (κ1) is 19.2. The Morgan fingerprint density at radius 3 is 2.56 bits per heavy atom. The van der Waals surface area contributed by atoms with Gasteiger partial charge in [-0.05, 0) is 49.1 Å². The van der Waals surface area contributed by atoms with Crippen LogP contribution >= 0.6 is 0 Å². The quantitative estimate of drug-likeness (QED) is 0.720. The van der Waals surface area contributed by atoms with Gasteiger partial charge in [0.1, 0.15) is 11.4 Å². The molecule has 1 amide bonds. The molecule has 0 radical (unpaired) electrons. The van der Waals surface area contributed by atoms with E-state index in [0.29, 0.717) is 18.3 Å². The topological polar surface area (TPSA) is 63.2 Å². The van der Waals surface area contributed by atoms with Gasteiger partial charge in [0.2, 0.25) is 0 Å². The Labute approximate surface area is 161 Å². The van der Waals surface area contributed by atoms with Crippen LogP contribution in [0, 0.1) is 0 Å². The molecule has 0 aliphatic heterocycles. The third-order valence-corrected chi connectivity index (χ3v) is 5.08. The molecule has 1 fully saturated rings. The Morgan fingerprint density at radius 2 is 1.85 bits per heavy atom. The maximum atomic E-state index is 12.4. The minimum Gasteiger partial charge on any atom is -0.497 e. The summed E-state index contributed by atoms with van der Waals surface area (Å²) in [4.78, 5) is 16.6. The lowest BCUT2D eigenvalue weighted by molar-refractivity contribution is 0.0949. The fourth-order valence-electron chi connectivity index (χ4n) is 3.51. The Hall–Kier alpha value is -2.56. The molecule has 1 aliphatic rings.